The summed E-state index contributed by atoms with van der Waals surface area (Å²) in [5.41, 5.74) is 1.30. The van der Waals surface area contributed by atoms with Crippen molar-refractivity contribution in [2.24, 2.45) is 11.8 Å². The number of hydrogen-bond donors (Lipinski definition) is 1. The third-order valence-electron chi connectivity index (χ3n) is 3.74. The average molecular weight is 329 g/mol. The molecule has 0 aromatic heterocycles. The van der Waals surface area contributed by atoms with Gasteiger partial charge in [0.2, 0.25) is 0 Å². The Morgan fingerprint density at radius 1 is 1.12 bits per heavy atom. The molecule has 1 nitrogen and oxygen atoms in total. The van der Waals surface area contributed by atoms with Crippen molar-refractivity contribution in [2.45, 2.75) is 39.2 Å². The maximum absolute atomic E-state index is 3.74. The second kappa shape index (κ2) is 5.39. The highest BCUT2D eigenvalue weighted by atomic mass is 127. The van der Waals surface area contributed by atoms with Gasteiger partial charge in [-0.2, -0.15) is 0 Å². The zero-order valence-corrected chi connectivity index (χ0v) is 12.2. The second-order valence-electron chi connectivity index (χ2n) is 5.04. The summed E-state index contributed by atoms with van der Waals surface area (Å²) >= 11 is 2.41. The van der Waals surface area contributed by atoms with Gasteiger partial charge < -0.3 is 5.32 Å². The molecule has 0 amide bonds. The number of rotatable bonds is 2. The maximum atomic E-state index is 3.74. The number of anilines is 1. The van der Waals surface area contributed by atoms with Crippen LogP contribution in [0.4, 0.5) is 5.69 Å². The van der Waals surface area contributed by atoms with Gasteiger partial charge in [-0.05, 0) is 59.4 Å². The summed E-state index contributed by atoms with van der Waals surface area (Å²) in [4.78, 5) is 0. The van der Waals surface area contributed by atoms with Gasteiger partial charge in [0.05, 0.1) is 0 Å². The van der Waals surface area contributed by atoms with Crippen LogP contribution in [0.25, 0.3) is 0 Å². The van der Waals surface area contributed by atoms with E-state index in [1.165, 1.54) is 28.5 Å². The van der Waals surface area contributed by atoms with Crippen molar-refractivity contribution in [3.63, 3.8) is 0 Å². The summed E-state index contributed by atoms with van der Waals surface area (Å²) in [5, 5.41) is 3.74. The largest absolute Gasteiger partial charge is 0.381 e. The van der Waals surface area contributed by atoms with Crippen LogP contribution in [0.2, 0.25) is 0 Å². The monoisotopic (exact) mass is 329 g/mol. The summed E-state index contributed by atoms with van der Waals surface area (Å²) in [6.07, 6.45) is 4.13. The lowest BCUT2D eigenvalue weighted by Gasteiger charge is -2.36. The molecular formula is C14H20IN. The highest BCUT2D eigenvalue weighted by Gasteiger charge is 2.27. The van der Waals surface area contributed by atoms with E-state index in [1.807, 2.05) is 0 Å². The van der Waals surface area contributed by atoms with Gasteiger partial charge >= 0.3 is 0 Å². The summed E-state index contributed by atoms with van der Waals surface area (Å²) in [6, 6.07) is 9.21. The molecule has 1 aromatic carbocycles. The molecule has 2 atom stereocenters. The molecule has 0 spiro atoms. The maximum Gasteiger partial charge on any atom is 0.0478 e. The quantitative estimate of drug-likeness (QED) is 0.786. The molecule has 88 valence electrons. The molecule has 16 heavy (non-hydrogen) atoms. The smallest absolute Gasteiger partial charge is 0.0478 e. The minimum atomic E-state index is 0.643. The summed E-state index contributed by atoms with van der Waals surface area (Å²) in [7, 11) is 0. The van der Waals surface area contributed by atoms with E-state index in [0.717, 1.165) is 11.8 Å². The summed E-state index contributed by atoms with van der Waals surface area (Å²) < 4.78 is 1.32. The molecule has 0 heterocycles. The third-order valence-corrected chi connectivity index (χ3v) is 4.68. The van der Waals surface area contributed by atoms with E-state index in [0.29, 0.717) is 6.04 Å². The molecule has 1 aliphatic carbocycles. The standard InChI is InChI=1S/C14H20IN/c1-10-6-5-7-11(2)14(10)16-13-9-4-3-8-12(13)15/h3-4,8-11,14,16H,5-7H2,1-2H3. The van der Waals surface area contributed by atoms with E-state index in [2.05, 4.69) is 66.0 Å². The van der Waals surface area contributed by atoms with Crippen LogP contribution in [-0.4, -0.2) is 6.04 Å². The van der Waals surface area contributed by atoms with Gasteiger partial charge in [0.15, 0.2) is 0 Å². The average Bonchev–Trinajstić information content (AvgIpc) is 2.26. The van der Waals surface area contributed by atoms with Gasteiger partial charge in [-0.3, -0.25) is 0 Å². The van der Waals surface area contributed by atoms with E-state index in [1.54, 1.807) is 0 Å². The second-order valence-corrected chi connectivity index (χ2v) is 6.20. The van der Waals surface area contributed by atoms with Crippen LogP contribution in [0.15, 0.2) is 24.3 Å². The Bertz CT molecular complexity index is 340. The highest BCUT2D eigenvalue weighted by Crippen LogP contribution is 2.32. The molecular weight excluding hydrogens is 309 g/mol. The zero-order valence-electron chi connectivity index (χ0n) is 10.0. The molecule has 0 aliphatic heterocycles. The van der Waals surface area contributed by atoms with Crippen LogP contribution in [0.1, 0.15) is 33.1 Å². The first-order valence-corrected chi connectivity index (χ1v) is 7.27. The SMILES string of the molecule is CC1CCCC(C)C1Nc1ccccc1I. The number of benzene rings is 1. The molecule has 1 saturated carbocycles. The first-order chi connectivity index (χ1) is 7.68. The van der Waals surface area contributed by atoms with E-state index >= 15 is 0 Å². The molecule has 1 aromatic rings. The molecule has 1 fully saturated rings. The van der Waals surface area contributed by atoms with Crippen molar-refractivity contribution in [3.8, 4) is 0 Å². The van der Waals surface area contributed by atoms with Gasteiger partial charge in [0.25, 0.3) is 0 Å². The van der Waals surface area contributed by atoms with Crippen molar-refractivity contribution in [1.29, 1.82) is 0 Å². The molecule has 2 unspecified atom stereocenters. The Morgan fingerprint density at radius 2 is 1.75 bits per heavy atom. The molecule has 1 N–H and O–H groups in total. The topological polar surface area (TPSA) is 12.0 Å². The van der Waals surface area contributed by atoms with Gasteiger partial charge in [0, 0.05) is 15.3 Å². The van der Waals surface area contributed by atoms with Crippen LogP contribution < -0.4 is 5.32 Å². The van der Waals surface area contributed by atoms with E-state index in [9.17, 15) is 0 Å². The fourth-order valence-electron chi connectivity index (χ4n) is 2.72. The number of hydrogen-bond acceptors (Lipinski definition) is 1. The van der Waals surface area contributed by atoms with Crippen molar-refractivity contribution >= 4 is 28.3 Å². The van der Waals surface area contributed by atoms with Crippen molar-refractivity contribution < 1.29 is 0 Å². The Morgan fingerprint density at radius 3 is 2.38 bits per heavy atom. The molecule has 0 radical (unpaired) electrons. The van der Waals surface area contributed by atoms with Crippen molar-refractivity contribution in [1.82, 2.24) is 0 Å². The van der Waals surface area contributed by atoms with E-state index < -0.39 is 0 Å². The lowest BCUT2D eigenvalue weighted by atomic mass is 9.78. The van der Waals surface area contributed by atoms with Gasteiger partial charge in [0.1, 0.15) is 0 Å². The number of para-hydroxylation sites is 1. The van der Waals surface area contributed by atoms with Gasteiger partial charge in [-0.25, -0.2) is 0 Å². The fourth-order valence-corrected chi connectivity index (χ4v) is 3.27. The Labute approximate surface area is 112 Å². The minimum Gasteiger partial charge on any atom is -0.381 e. The van der Waals surface area contributed by atoms with Crippen LogP contribution in [0, 0.1) is 15.4 Å². The first-order valence-electron chi connectivity index (χ1n) is 6.19. The molecule has 1 aliphatic rings. The number of halogens is 1. The van der Waals surface area contributed by atoms with Crippen LogP contribution in [-0.2, 0) is 0 Å². The summed E-state index contributed by atoms with van der Waals surface area (Å²) in [6.45, 7) is 4.76. The van der Waals surface area contributed by atoms with Crippen LogP contribution in [0.3, 0.4) is 0 Å². The molecule has 0 bridgehead atoms. The molecule has 2 rings (SSSR count). The predicted molar refractivity (Wildman–Crippen MR) is 78.7 cm³/mol. The van der Waals surface area contributed by atoms with Crippen LogP contribution >= 0.6 is 22.6 Å². The van der Waals surface area contributed by atoms with E-state index in [4.69, 9.17) is 0 Å². The van der Waals surface area contributed by atoms with Gasteiger partial charge in [-0.1, -0.05) is 32.4 Å². The predicted octanol–water partition coefficient (Wildman–Crippen LogP) is 4.53. The Kier molecular flexibility index (Phi) is 4.11. The zero-order chi connectivity index (χ0) is 11.5. The molecule has 2 heteroatoms. The molecule has 0 saturated heterocycles. The van der Waals surface area contributed by atoms with Crippen molar-refractivity contribution in [2.75, 3.05) is 5.32 Å². The lowest BCUT2D eigenvalue weighted by Crippen LogP contribution is -2.37. The van der Waals surface area contributed by atoms with Gasteiger partial charge in [-0.15, -0.1) is 0 Å². The summed E-state index contributed by atoms with van der Waals surface area (Å²) in [5.74, 6) is 1.58. The van der Waals surface area contributed by atoms with Crippen molar-refractivity contribution in [3.05, 3.63) is 27.8 Å². The van der Waals surface area contributed by atoms with Crippen LogP contribution in [0.5, 0.6) is 0 Å². The Hall–Kier alpha value is -0.250. The third kappa shape index (κ3) is 2.70. The minimum absolute atomic E-state index is 0.643. The highest BCUT2D eigenvalue weighted by molar-refractivity contribution is 14.1. The Balaban J connectivity index is 2.11. The lowest BCUT2D eigenvalue weighted by molar-refractivity contribution is 0.268. The first kappa shape index (κ1) is 12.2. The normalized spacial score (nSPS) is 30.1. The van der Waals surface area contributed by atoms with E-state index in [-0.39, 0.29) is 0 Å². The number of nitrogens with one attached hydrogen (secondary N) is 1. The fraction of sp³-hybridized carbons (Fsp3) is 0.571.